The predicted molar refractivity (Wildman–Crippen MR) is 302 cm³/mol. The molecule has 0 aromatic heterocycles. The molecule has 1 aliphatic heterocycles. The van der Waals surface area contributed by atoms with Gasteiger partial charge in [-0.2, -0.15) is 0 Å². The van der Waals surface area contributed by atoms with Crippen molar-refractivity contribution in [3.8, 4) is 0 Å². The third kappa shape index (κ3) is 27.3. The quantitative estimate of drug-likeness (QED) is 0.0346. The average molecular weight is 1170 g/mol. The average Bonchev–Trinajstić information content (AvgIpc) is 3.40. The lowest BCUT2D eigenvalue weighted by molar-refractivity contribution is -0.137. The van der Waals surface area contributed by atoms with E-state index < -0.39 is 163 Å². The Hall–Kier alpha value is -6.15. The standard InChI is InChI=1S/C52H98N16O14/c1-9-28(4)11-10-12-39(71)59-31(13-19-53)46(76)68-41(30(6)70)51(81)64-34(16-22-56)43(73)63-36-18-24-58-50(80)40(29(5)69)67-47(77)35(17-23-57)61-42(72)32(14-20-54)62-49(79)38(26-52(7,8)82)66-48(78)37(25-27(2)3)65-44(74)33(15-21-55)60-45(36)75/h27-38,40-41,69-70,82H,9-26,53-57H2,1-8H3,(H,58,80)(H,59,71)(H,60,75)(H,61,72)(H,62,79)(H,63,73)(H,64,81)(H,65,74)(H,66,78)(H,67,77)(H,68,76)/t28?,29-,30-,31+,32+,33+,34+,35+,36+,37-,38+,40+,41+/m1/s1. The van der Waals surface area contributed by atoms with Crippen LogP contribution < -0.4 is 87.2 Å². The molecule has 0 saturated carbocycles. The van der Waals surface area contributed by atoms with Crippen LogP contribution in [0.5, 0.6) is 0 Å². The van der Waals surface area contributed by atoms with E-state index in [2.05, 4.69) is 65.4 Å². The molecule has 1 fully saturated rings. The number of carbonyl (C=O) groups is 11. The van der Waals surface area contributed by atoms with E-state index >= 15 is 0 Å². The molecule has 30 heteroatoms. The number of aliphatic hydroxyl groups excluding tert-OH is 2. The van der Waals surface area contributed by atoms with Gasteiger partial charge in [0.15, 0.2) is 0 Å². The summed E-state index contributed by atoms with van der Waals surface area (Å²) in [4.78, 5) is 153. The Morgan fingerprint density at radius 2 is 1.05 bits per heavy atom. The van der Waals surface area contributed by atoms with Crippen LogP contribution in [0.4, 0.5) is 0 Å². The summed E-state index contributed by atoms with van der Waals surface area (Å²) in [7, 11) is 0. The highest BCUT2D eigenvalue weighted by molar-refractivity contribution is 5.99. The molecule has 30 nitrogen and oxygen atoms in total. The molecule has 1 heterocycles. The molecule has 1 saturated heterocycles. The van der Waals surface area contributed by atoms with Gasteiger partial charge in [-0.1, -0.05) is 40.5 Å². The lowest BCUT2D eigenvalue weighted by Crippen LogP contribution is -2.62. The van der Waals surface area contributed by atoms with Gasteiger partial charge < -0.3 is 102 Å². The van der Waals surface area contributed by atoms with Crippen molar-refractivity contribution in [1.29, 1.82) is 0 Å². The number of hydrogen-bond acceptors (Lipinski definition) is 19. The Kier molecular flexibility index (Phi) is 34.1. The third-order valence-corrected chi connectivity index (χ3v) is 13.4. The third-order valence-electron chi connectivity index (χ3n) is 13.4. The molecule has 0 aliphatic carbocycles. The predicted octanol–water partition coefficient (Wildman–Crippen LogP) is -6.72. The maximum absolute atomic E-state index is 14.4. The summed E-state index contributed by atoms with van der Waals surface area (Å²) < 4.78 is 0. The fourth-order valence-corrected chi connectivity index (χ4v) is 8.60. The van der Waals surface area contributed by atoms with Gasteiger partial charge in [-0.05, 0) is 124 Å². The van der Waals surface area contributed by atoms with Crippen molar-refractivity contribution in [2.24, 2.45) is 40.5 Å². The Bertz CT molecular complexity index is 2100. The number of hydrogen-bond donors (Lipinski definition) is 19. The summed E-state index contributed by atoms with van der Waals surface area (Å²) in [5, 5.41) is 59.9. The molecule has 1 unspecified atom stereocenters. The van der Waals surface area contributed by atoms with E-state index in [4.69, 9.17) is 28.7 Å². The van der Waals surface area contributed by atoms with Crippen LogP contribution in [0.3, 0.4) is 0 Å². The van der Waals surface area contributed by atoms with E-state index in [1.807, 2.05) is 6.92 Å². The molecular weight excluding hydrogens is 1070 g/mol. The molecule has 1 aliphatic rings. The number of carbonyl (C=O) groups excluding carboxylic acids is 11. The monoisotopic (exact) mass is 1170 g/mol. The van der Waals surface area contributed by atoms with Gasteiger partial charge in [0.05, 0.1) is 17.8 Å². The van der Waals surface area contributed by atoms with Crippen molar-refractivity contribution >= 4 is 65.0 Å². The van der Waals surface area contributed by atoms with Crippen LogP contribution in [0.1, 0.15) is 132 Å². The number of rotatable bonds is 28. The normalized spacial score (nSPS) is 23.6. The molecule has 11 amide bonds. The summed E-state index contributed by atoms with van der Waals surface area (Å²) in [6.45, 7) is 11.4. The first-order valence-electron chi connectivity index (χ1n) is 28.4. The summed E-state index contributed by atoms with van der Waals surface area (Å²) in [5.74, 6) is -10.0. The molecule has 82 heavy (non-hydrogen) atoms. The van der Waals surface area contributed by atoms with E-state index in [0.717, 1.165) is 12.8 Å². The Morgan fingerprint density at radius 1 is 0.585 bits per heavy atom. The van der Waals surface area contributed by atoms with Crippen molar-refractivity contribution in [2.75, 3.05) is 39.3 Å². The summed E-state index contributed by atoms with van der Waals surface area (Å²) in [5.41, 5.74) is 27.6. The second-order valence-electron chi connectivity index (χ2n) is 22.0. The van der Waals surface area contributed by atoms with Gasteiger partial charge in [-0.25, -0.2) is 0 Å². The van der Waals surface area contributed by atoms with Crippen LogP contribution in [0.2, 0.25) is 0 Å². The number of aliphatic hydroxyl groups is 3. The van der Waals surface area contributed by atoms with Crippen LogP contribution in [-0.4, -0.2) is 198 Å². The van der Waals surface area contributed by atoms with Gasteiger partial charge >= 0.3 is 0 Å². The Balaban J connectivity index is 3.87. The molecule has 0 aromatic rings. The van der Waals surface area contributed by atoms with Crippen LogP contribution in [-0.2, 0) is 52.7 Å². The molecular formula is C52H98N16O14. The van der Waals surface area contributed by atoms with E-state index in [0.29, 0.717) is 12.3 Å². The Morgan fingerprint density at radius 3 is 1.51 bits per heavy atom. The molecule has 0 radical (unpaired) electrons. The summed E-state index contributed by atoms with van der Waals surface area (Å²) >= 11 is 0. The SMILES string of the molecule is CCC(C)CCCC(=O)N[C@@H](CCN)C(=O)N[C@H](C(=O)N[C@@H](CCN)C(=O)N[C@H]1CCNC(=O)[C@H]([C@@H](C)O)NC(=O)[C@H](CCN)NC(=O)[C@H](CCN)NC(=O)[C@H](CC(C)(C)O)NC(=O)[C@@H](CC(C)C)NC(=O)[C@H](CCN)NC1=O)[C@@H](C)O. The minimum atomic E-state index is -1.71. The molecule has 470 valence electrons. The molecule has 0 aromatic carbocycles. The van der Waals surface area contributed by atoms with E-state index in [9.17, 15) is 68.1 Å². The topological polar surface area (TPSA) is 511 Å². The Labute approximate surface area is 480 Å². The highest BCUT2D eigenvalue weighted by Gasteiger charge is 2.38. The zero-order valence-electron chi connectivity index (χ0n) is 49.0. The highest BCUT2D eigenvalue weighted by atomic mass is 16.3. The van der Waals surface area contributed by atoms with Gasteiger partial charge in [0.1, 0.15) is 60.4 Å². The van der Waals surface area contributed by atoms with Crippen molar-refractivity contribution < 1.29 is 68.1 Å². The lowest BCUT2D eigenvalue weighted by atomic mass is 9.96. The smallest absolute Gasteiger partial charge is 0.245 e. The second-order valence-corrected chi connectivity index (χ2v) is 22.0. The molecule has 0 bridgehead atoms. The van der Waals surface area contributed by atoms with Gasteiger partial charge in [-0.15, -0.1) is 0 Å². The van der Waals surface area contributed by atoms with Gasteiger partial charge in [0.25, 0.3) is 0 Å². The van der Waals surface area contributed by atoms with Crippen molar-refractivity contribution in [1.82, 2.24) is 58.5 Å². The molecule has 24 N–H and O–H groups in total. The zero-order valence-corrected chi connectivity index (χ0v) is 49.0. The van der Waals surface area contributed by atoms with Crippen molar-refractivity contribution in [3.05, 3.63) is 0 Å². The largest absolute Gasteiger partial charge is 0.391 e. The zero-order chi connectivity index (χ0) is 62.4. The van der Waals surface area contributed by atoms with Crippen LogP contribution >= 0.6 is 0 Å². The lowest BCUT2D eigenvalue weighted by Gasteiger charge is -2.30. The number of amides is 11. The van der Waals surface area contributed by atoms with Gasteiger partial charge in [0, 0.05) is 19.4 Å². The first kappa shape index (κ1) is 73.9. The summed E-state index contributed by atoms with van der Waals surface area (Å²) in [6, 6.07) is -15.2. The van der Waals surface area contributed by atoms with Crippen LogP contribution in [0.25, 0.3) is 0 Å². The van der Waals surface area contributed by atoms with E-state index in [1.54, 1.807) is 13.8 Å². The number of nitrogens with two attached hydrogens (primary N) is 5. The van der Waals surface area contributed by atoms with Gasteiger partial charge in [-0.3, -0.25) is 52.7 Å². The van der Waals surface area contributed by atoms with Crippen LogP contribution in [0, 0.1) is 11.8 Å². The minimum Gasteiger partial charge on any atom is -0.391 e. The fourth-order valence-electron chi connectivity index (χ4n) is 8.60. The maximum atomic E-state index is 14.4. The van der Waals surface area contributed by atoms with E-state index in [1.165, 1.54) is 27.7 Å². The molecule has 0 spiro atoms. The van der Waals surface area contributed by atoms with E-state index in [-0.39, 0.29) is 83.6 Å². The van der Waals surface area contributed by atoms with Crippen molar-refractivity contribution in [2.45, 2.75) is 211 Å². The fraction of sp³-hybridized carbons (Fsp3) is 0.788. The highest BCUT2D eigenvalue weighted by Crippen LogP contribution is 2.15. The second kappa shape index (κ2) is 37.9. The van der Waals surface area contributed by atoms with Crippen molar-refractivity contribution in [3.63, 3.8) is 0 Å². The first-order valence-corrected chi connectivity index (χ1v) is 28.4. The first-order chi connectivity index (χ1) is 38.5. The number of nitrogens with one attached hydrogen (secondary N) is 11. The maximum Gasteiger partial charge on any atom is 0.245 e. The van der Waals surface area contributed by atoms with Gasteiger partial charge in [0.2, 0.25) is 65.0 Å². The molecule has 13 atom stereocenters. The summed E-state index contributed by atoms with van der Waals surface area (Å²) in [6.07, 6.45) is -2.59. The minimum absolute atomic E-state index is 0.0229. The van der Waals surface area contributed by atoms with Crippen LogP contribution in [0.15, 0.2) is 0 Å². The molecule has 1 rings (SSSR count).